The minimum absolute atomic E-state index is 0.00432. The van der Waals surface area contributed by atoms with E-state index in [-0.39, 0.29) is 23.5 Å². The average molecular weight is 527 g/mol. The second kappa shape index (κ2) is 11.8. The highest BCUT2D eigenvalue weighted by molar-refractivity contribution is 7.14. The number of ether oxygens (including phenoxy) is 2. The van der Waals surface area contributed by atoms with Crippen LogP contribution in [0.25, 0.3) is 10.6 Å². The number of piperidine rings is 1. The Balaban J connectivity index is 1.20. The van der Waals surface area contributed by atoms with Gasteiger partial charge < -0.3 is 20.1 Å². The summed E-state index contributed by atoms with van der Waals surface area (Å²) >= 11 is 1.61. The van der Waals surface area contributed by atoms with Crippen molar-refractivity contribution in [3.8, 4) is 10.6 Å². The molecule has 1 aromatic carbocycles. The molecule has 2 N–H and O–H groups in total. The smallest absolute Gasteiger partial charge is 0.220 e. The predicted molar refractivity (Wildman–Crippen MR) is 147 cm³/mol. The molecule has 2 aliphatic carbocycles. The molecule has 1 atom stereocenters. The molecule has 5 rings (SSSR count). The summed E-state index contributed by atoms with van der Waals surface area (Å²) in [6.45, 7) is 2.08. The van der Waals surface area contributed by atoms with Crippen LogP contribution in [-0.4, -0.2) is 49.0 Å². The van der Waals surface area contributed by atoms with Gasteiger partial charge in [-0.05, 0) is 87.5 Å². The number of hydrogen-bond acceptors (Lipinski definition) is 7. The third-order valence-electron chi connectivity index (χ3n) is 9.39. The molecule has 2 heterocycles. The Morgan fingerprint density at radius 2 is 1.68 bits per heavy atom. The lowest BCUT2D eigenvalue weighted by Crippen LogP contribution is -2.50. The summed E-state index contributed by atoms with van der Waals surface area (Å²) in [5.74, 6) is 0.878. The fourth-order valence-electron chi connectivity index (χ4n) is 7.03. The predicted octanol–water partition coefficient (Wildman–Crippen LogP) is 5.75. The lowest BCUT2D eigenvalue weighted by Gasteiger charge is -2.47. The van der Waals surface area contributed by atoms with Crippen molar-refractivity contribution in [1.29, 1.82) is 0 Å². The number of hydrogen-bond donors (Lipinski definition) is 1. The Bertz CT molecular complexity index is 1020. The van der Waals surface area contributed by atoms with E-state index in [9.17, 15) is 4.79 Å². The van der Waals surface area contributed by atoms with E-state index in [1.54, 1.807) is 18.4 Å². The Kier molecular flexibility index (Phi) is 8.47. The fraction of sp³-hybridized carbons (Fsp3) is 0.690. The molecular weight excluding hydrogens is 484 g/mol. The first-order valence-corrected chi connectivity index (χ1v) is 14.9. The van der Waals surface area contributed by atoms with Gasteiger partial charge in [0.1, 0.15) is 16.1 Å². The van der Waals surface area contributed by atoms with Crippen LogP contribution in [0.4, 0.5) is 5.69 Å². The van der Waals surface area contributed by atoms with Gasteiger partial charge in [-0.15, -0.1) is 10.2 Å². The monoisotopic (exact) mass is 526 g/mol. The van der Waals surface area contributed by atoms with Crippen molar-refractivity contribution < 1.29 is 14.3 Å². The Morgan fingerprint density at radius 1 is 1.00 bits per heavy atom. The van der Waals surface area contributed by atoms with E-state index in [4.69, 9.17) is 15.2 Å². The van der Waals surface area contributed by atoms with Crippen molar-refractivity contribution in [3.63, 3.8) is 0 Å². The number of carbonyl (C=O) groups is 1. The second-order valence-electron chi connectivity index (χ2n) is 11.3. The summed E-state index contributed by atoms with van der Waals surface area (Å²) in [5, 5.41) is 10.8. The van der Waals surface area contributed by atoms with Crippen LogP contribution in [0.5, 0.6) is 0 Å². The number of carbonyl (C=O) groups excluding carboxylic acids is 1. The van der Waals surface area contributed by atoms with Gasteiger partial charge >= 0.3 is 0 Å². The summed E-state index contributed by atoms with van der Waals surface area (Å²) in [6.07, 6.45) is 12.4. The molecule has 3 fully saturated rings. The van der Waals surface area contributed by atoms with Crippen molar-refractivity contribution in [3.05, 3.63) is 29.3 Å². The van der Waals surface area contributed by atoms with E-state index in [0.717, 1.165) is 73.1 Å². The maximum atomic E-state index is 11.5. The number of nitrogens with zero attached hydrogens (tertiary/aromatic N) is 3. The first-order chi connectivity index (χ1) is 18.0. The minimum atomic E-state index is -0.180. The van der Waals surface area contributed by atoms with Crippen LogP contribution in [0.15, 0.2) is 24.3 Å². The summed E-state index contributed by atoms with van der Waals surface area (Å²) < 4.78 is 12.1. The number of methoxy groups -OCH3 is 2. The SMILES string of the molecule is COC(c1nnc(-c2ccc(N3CCC(OC)(C4CCCCC4)CC3)cc2)s1)C1CCC(C(N)=O)CC1. The number of amides is 1. The van der Waals surface area contributed by atoms with E-state index in [1.807, 2.05) is 7.11 Å². The molecule has 2 saturated carbocycles. The van der Waals surface area contributed by atoms with Crippen LogP contribution in [0, 0.1) is 17.8 Å². The summed E-state index contributed by atoms with van der Waals surface area (Å²) in [5.41, 5.74) is 7.93. The van der Waals surface area contributed by atoms with Gasteiger partial charge in [0.25, 0.3) is 0 Å². The molecule has 8 heteroatoms. The van der Waals surface area contributed by atoms with E-state index in [1.165, 1.54) is 37.8 Å². The topological polar surface area (TPSA) is 90.6 Å². The van der Waals surface area contributed by atoms with Crippen molar-refractivity contribution in [1.82, 2.24) is 10.2 Å². The molecule has 7 nitrogen and oxygen atoms in total. The van der Waals surface area contributed by atoms with Crippen LogP contribution in [0.1, 0.15) is 81.7 Å². The van der Waals surface area contributed by atoms with Crippen molar-refractivity contribution in [2.75, 3.05) is 32.2 Å². The second-order valence-corrected chi connectivity index (χ2v) is 12.3. The van der Waals surface area contributed by atoms with Gasteiger partial charge in [0.2, 0.25) is 5.91 Å². The third-order valence-corrected chi connectivity index (χ3v) is 10.4. The number of anilines is 1. The normalized spacial score (nSPS) is 25.6. The third kappa shape index (κ3) is 5.71. The standard InChI is InChI=1S/C29H42N4O3S/c1-35-25(20-8-10-21(11-9-20)26(30)34)28-32-31-27(37-28)22-12-14-24(15-13-22)33-18-16-29(36-2,17-19-33)23-6-4-3-5-7-23/h12-15,20-21,23,25H,3-11,16-19H2,1-2H3,(H2,30,34). The highest BCUT2D eigenvalue weighted by Gasteiger charge is 2.42. The number of rotatable bonds is 8. The quantitative estimate of drug-likeness (QED) is 0.471. The molecule has 2 aromatic rings. The first kappa shape index (κ1) is 26.6. The highest BCUT2D eigenvalue weighted by Crippen LogP contribution is 2.43. The van der Waals surface area contributed by atoms with E-state index < -0.39 is 0 Å². The van der Waals surface area contributed by atoms with Crippen LogP contribution in [0.3, 0.4) is 0 Å². The number of aromatic nitrogens is 2. The zero-order chi connectivity index (χ0) is 25.8. The summed E-state index contributed by atoms with van der Waals surface area (Å²) in [6, 6.07) is 8.77. The molecule has 202 valence electrons. The average Bonchev–Trinajstić information content (AvgIpc) is 3.44. The van der Waals surface area contributed by atoms with Gasteiger partial charge in [0, 0.05) is 44.5 Å². The summed E-state index contributed by atoms with van der Waals surface area (Å²) in [4.78, 5) is 14.0. The van der Waals surface area contributed by atoms with Gasteiger partial charge in [-0.3, -0.25) is 4.79 Å². The molecule has 3 aliphatic rings. The molecule has 1 amide bonds. The van der Waals surface area contributed by atoms with E-state index in [0.29, 0.717) is 5.92 Å². The fourth-order valence-corrected chi connectivity index (χ4v) is 8.05. The molecule has 0 spiro atoms. The van der Waals surface area contributed by atoms with Crippen molar-refractivity contribution in [2.24, 2.45) is 23.5 Å². The number of benzene rings is 1. The number of primary amides is 1. The lowest BCUT2D eigenvalue weighted by molar-refractivity contribution is -0.123. The van der Waals surface area contributed by atoms with E-state index in [2.05, 4.69) is 39.4 Å². The van der Waals surface area contributed by atoms with Crippen LogP contribution >= 0.6 is 11.3 Å². The van der Waals surface area contributed by atoms with Gasteiger partial charge in [-0.25, -0.2) is 0 Å². The first-order valence-electron chi connectivity index (χ1n) is 14.1. The molecule has 1 aliphatic heterocycles. The summed E-state index contributed by atoms with van der Waals surface area (Å²) in [7, 11) is 3.67. The Morgan fingerprint density at radius 3 is 2.27 bits per heavy atom. The molecule has 1 aromatic heterocycles. The molecule has 1 unspecified atom stereocenters. The highest BCUT2D eigenvalue weighted by atomic mass is 32.1. The molecule has 0 radical (unpaired) electrons. The zero-order valence-electron chi connectivity index (χ0n) is 22.4. The van der Waals surface area contributed by atoms with Crippen LogP contribution in [0.2, 0.25) is 0 Å². The van der Waals surface area contributed by atoms with Gasteiger partial charge in [0.15, 0.2) is 0 Å². The van der Waals surface area contributed by atoms with Crippen molar-refractivity contribution in [2.45, 2.75) is 82.3 Å². The molecule has 37 heavy (non-hydrogen) atoms. The van der Waals surface area contributed by atoms with Crippen molar-refractivity contribution >= 4 is 22.9 Å². The maximum absolute atomic E-state index is 11.5. The Hall–Kier alpha value is -2.03. The number of nitrogens with two attached hydrogens (primary N) is 1. The van der Waals surface area contributed by atoms with Gasteiger partial charge in [0.05, 0.1) is 5.60 Å². The largest absolute Gasteiger partial charge is 0.378 e. The molecule has 1 saturated heterocycles. The Labute approximate surface area is 225 Å². The lowest BCUT2D eigenvalue weighted by atomic mass is 9.72. The molecular formula is C29H42N4O3S. The van der Waals surface area contributed by atoms with Crippen LogP contribution in [-0.2, 0) is 14.3 Å². The zero-order valence-corrected chi connectivity index (χ0v) is 23.2. The van der Waals surface area contributed by atoms with Gasteiger partial charge in [-0.2, -0.15) is 0 Å². The minimum Gasteiger partial charge on any atom is -0.378 e. The molecule has 0 bridgehead atoms. The maximum Gasteiger partial charge on any atom is 0.220 e. The van der Waals surface area contributed by atoms with Crippen LogP contribution < -0.4 is 10.6 Å². The van der Waals surface area contributed by atoms with Gasteiger partial charge in [-0.1, -0.05) is 30.6 Å². The van der Waals surface area contributed by atoms with E-state index >= 15 is 0 Å².